The van der Waals surface area contributed by atoms with Gasteiger partial charge in [0.1, 0.15) is 6.04 Å². The van der Waals surface area contributed by atoms with E-state index in [1.165, 1.54) is 4.90 Å². The Morgan fingerprint density at radius 1 is 1.09 bits per heavy atom. The minimum absolute atomic E-state index is 0.201. The lowest BCUT2D eigenvalue weighted by Gasteiger charge is -2.38. The highest BCUT2D eigenvalue weighted by Gasteiger charge is 2.40. The van der Waals surface area contributed by atoms with Crippen molar-refractivity contribution in [1.29, 1.82) is 0 Å². The topological polar surface area (TPSA) is 90.0 Å². The van der Waals surface area contributed by atoms with Crippen LogP contribution in [0.1, 0.15) is 52.7 Å². The maximum atomic E-state index is 12.9. The highest BCUT2D eigenvalue weighted by molar-refractivity contribution is 6.31. The second-order valence-electron chi connectivity index (χ2n) is 9.17. The van der Waals surface area contributed by atoms with Gasteiger partial charge in [-0.15, -0.1) is 0 Å². The SMILES string of the molecule is O=C1CCC(N2Cc3cc(C4(O)CCN(Cc5ccccc5Cl)CC4)ccc3C2=O)C(=O)N1. The van der Waals surface area contributed by atoms with Crippen molar-refractivity contribution in [2.45, 2.75) is 50.4 Å². The number of hydrogen-bond donors (Lipinski definition) is 2. The van der Waals surface area contributed by atoms with Crippen molar-refractivity contribution in [2.75, 3.05) is 13.1 Å². The van der Waals surface area contributed by atoms with E-state index in [0.29, 0.717) is 31.4 Å². The van der Waals surface area contributed by atoms with E-state index in [9.17, 15) is 19.5 Å². The first-order valence-corrected chi connectivity index (χ1v) is 11.7. The van der Waals surface area contributed by atoms with Crippen molar-refractivity contribution >= 4 is 29.3 Å². The molecule has 0 bridgehead atoms. The third-order valence-corrected chi connectivity index (χ3v) is 7.46. The maximum Gasteiger partial charge on any atom is 0.255 e. The predicted molar refractivity (Wildman–Crippen MR) is 122 cm³/mol. The third kappa shape index (κ3) is 4.16. The van der Waals surface area contributed by atoms with E-state index < -0.39 is 17.6 Å². The number of hydrogen-bond acceptors (Lipinski definition) is 5. The number of aliphatic hydroxyl groups is 1. The molecule has 5 rings (SSSR count). The largest absolute Gasteiger partial charge is 0.385 e. The molecule has 1 unspecified atom stereocenters. The zero-order valence-electron chi connectivity index (χ0n) is 18.2. The van der Waals surface area contributed by atoms with Crippen molar-refractivity contribution in [2.24, 2.45) is 0 Å². The van der Waals surface area contributed by atoms with Gasteiger partial charge in [0, 0.05) is 43.2 Å². The van der Waals surface area contributed by atoms with Crippen molar-refractivity contribution < 1.29 is 19.5 Å². The molecule has 0 aliphatic carbocycles. The molecule has 0 radical (unpaired) electrons. The van der Waals surface area contributed by atoms with Gasteiger partial charge in [-0.3, -0.25) is 24.6 Å². The summed E-state index contributed by atoms with van der Waals surface area (Å²) in [7, 11) is 0. The van der Waals surface area contributed by atoms with Crippen LogP contribution in [0.2, 0.25) is 5.02 Å². The Labute approximate surface area is 197 Å². The first-order chi connectivity index (χ1) is 15.8. The van der Waals surface area contributed by atoms with Gasteiger partial charge in [0.2, 0.25) is 11.8 Å². The van der Waals surface area contributed by atoms with Crippen molar-refractivity contribution in [3.63, 3.8) is 0 Å². The average Bonchev–Trinajstić information content (AvgIpc) is 3.12. The van der Waals surface area contributed by atoms with Crippen LogP contribution in [0.3, 0.4) is 0 Å². The number of nitrogens with one attached hydrogen (secondary N) is 1. The minimum atomic E-state index is -0.961. The molecule has 0 saturated carbocycles. The first kappa shape index (κ1) is 22.1. The van der Waals surface area contributed by atoms with Gasteiger partial charge in [-0.05, 0) is 48.1 Å². The van der Waals surface area contributed by atoms with Gasteiger partial charge in [0.05, 0.1) is 5.60 Å². The molecule has 0 aromatic heterocycles. The molecule has 3 aliphatic heterocycles. The molecule has 2 fully saturated rings. The van der Waals surface area contributed by atoms with Gasteiger partial charge in [0.15, 0.2) is 0 Å². The Balaban J connectivity index is 1.28. The second-order valence-corrected chi connectivity index (χ2v) is 9.58. The molecule has 0 spiro atoms. The zero-order chi connectivity index (χ0) is 23.2. The van der Waals surface area contributed by atoms with Gasteiger partial charge < -0.3 is 10.0 Å². The number of piperidine rings is 2. The summed E-state index contributed by atoms with van der Waals surface area (Å²) in [5.74, 6) is -0.921. The molecule has 2 N–H and O–H groups in total. The van der Waals surface area contributed by atoms with E-state index in [1.54, 1.807) is 6.07 Å². The van der Waals surface area contributed by atoms with Crippen LogP contribution in [0.15, 0.2) is 42.5 Å². The van der Waals surface area contributed by atoms with Gasteiger partial charge in [-0.2, -0.15) is 0 Å². The average molecular weight is 468 g/mol. The number of likely N-dealkylation sites (tertiary alicyclic amines) is 1. The van der Waals surface area contributed by atoms with Crippen LogP contribution in [0, 0.1) is 0 Å². The molecule has 2 aromatic rings. The lowest BCUT2D eigenvalue weighted by molar-refractivity contribution is -0.136. The number of fused-ring (bicyclic) bond motifs is 1. The molecule has 1 atom stereocenters. The third-order valence-electron chi connectivity index (χ3n) is 7.10. The normalized spacial score (nSPS) is 22.9. The van der Waals surface area contributed by atoms with Crippen LogP contribution in [0.25, 0.3) is 0 Å². The monoisotopic (exact) mass is 467 g/mol. The number of carbonyl (C=O) groups excluding carboxylic acids is 3. The summed E-state index contributed by atoms with van der Waals surface area (Å²) in [6.07, 6.45) is 1.73. The second kappa shape index (κ2) is 8.56. The highest BCUT2D eigenvalue weighted by Crippen LogP contribution is 2.37. The zero-order valence-corrected chi connectivity index (χ0v) is 19.0. The van der Waals surface area contributed by atoms with E-state index in [1.807, 2.05) is 36.4 Å². The fourth-order valence-electron chi connectivity index (χ4n) is 5.10. The quantitative estimate of drug-likeness (QED) is 0.674. The molecule has 2 aromatic carbocycles. The molecule has 8 heteroatoms. The Kier molecular flexibility index (Phi) is 5.72. The van der Waals surface area contributed by atoms with E-state index in [2.05, 4.69) is 10.2 Å². The van der Waals surface area contributed by atoms with E-state index in [-0.39, 0.29) is 18.2 Å². The van der Waals surface area contributed by atoms with E-state index in [4.69, 9.17) is 11.6 Å². The fourth-order valence-corrected chi connectivity index (χ4v) is 5.30. The standard InChI is InChI=1S/C25H26ClN3O4/c26-20-4-2-1-3-16(20)14-28-11-9-25(33,10-12-28)18-5-6-19-17(13-18)15-29(24(19)32)21-7-8-22(30)27-23(21)31/h1-6,13,21,33H,7-12,14-15H2,(H,27,30,31). The summed E-state index contributed by atoms with van der Waals surface area (Å²) < 4.78 is 0. The van der Waals surface area contributed by atoms with Crippen LogP contribution < -0.4 is 5.32 Å². The highest BCUT2D eigenvalue weighted by atomic mass is 35.5. The molecular weight excluding hydrogens is 442 g/mol. The summed E-state index contributed by atoms with van der Waals surface area (Å²) in [6.45, 7) is 2.53. The van der Waals surface area contributed by atoms with E-state index >= 15 is 0 Å². The molecule has 7 nitrogen and oxygen atoms in total. The van der Waals surface area contributed by atoms with Crippen LogP contribution in [-0.2, 0) is 28.3 Å². The Morgan fingerprint density at radius 2 is 1.85 bits per heavy atom. The number of rotatable bonds is 4. The fraction of sp³-hybridized carbons (Fsp3) is 0.400. The van der Waals surface area contributed by atoms with E-state index in [0.717, 1.165) is 41.3 Å². The molecule has 172 valence electrons. The number of carbonyl (C=O) groups is 3. The van der Waals surface area contributed by atoms with Crippen LogP contribution in [0.4, 0.5) is 0 Å². The molecular formula is C25H26ClN3O4. The summed E-state index contributed by atoms with van der Waals surface area (Å²) in [4.78, 5) is 40.5. The summed E-state index contributed by atoms with van der Waals surface area (Å²) in [6, 6.07) is 12.7. The van der Waals surface area contributed by atoms with Crippen molar-refractivity contribution in [3.05, 3.63) is 69.7 Å². The number of imide groups is 1. The molecule has 3 aliphatic rings. The number of halogens is 1. The summed E-state index contributed by atoms with van der Waals surface area (Å²) >= 11 is 6.30. The molecule has 2 saturated heterocycles. The smallest absolute Gasteiger partial charge is 0.255 e. The Bertz CT molecular complexity index is 1130. The number of amides is 3. The van der Waals surface area contributed by atoms with Crippen LogP contribution >= 0.6 is 11.6 Å². The van der Waals surface area contributed by atoms with Gasteiger partial charge in [-0.25, -0.2) is 0 Å². The number of benzene rings is 2. The van der Waals surface area contributed by atoms with Gasteiger partial charge in [0.25, 0.3) is 5.91 Å². The lowest BCUT2D eigenvalue weighted by atomic mass is 9.83. The first-order valence-electron chi connectivity index (χ1n) is 11.3. The van der Waals surface area contributed by atoms with Crippen LogP contribution in [-0.4, -0.2) is 51.8 Å². The molecule has 33 heavy (non-hydrogen) atoms. The summed E-state index contributed by atoms with van der Waals surface area (Å²) in [5, 5.41) is 14.5. The maximum absolute atomic E-state index is 12.9. The summed E-state index contributed by atoms with van der Waals surface area (Å²) in [5.41, 5.74) is 2.29. The van der Waals surface area contributed by atoms with Gasteiger partial charge in [-0.1, -0.05) is 41.9 Å². The van der Waals surface area contributed by atoms with Crippen molar-refractivity contribution in [3.8, 4) is 0 Å². The molecule has 3 amide bonds. The Hall–Kier alpha value is -2.74. The van der Waals surface area contributed by atoms with Gasteiger partial charge >= 0.3 is 0 Å². The van der Waals surface area contributed by atoms with Crippen LogP contribution in [0.5, 0.6) is 0 Å². The molecule has 3 heterocycles. The Morgan fingerprint density at radius 3 is 2.58 bits per heavy atom. The number of nitrogens with zero attached hydrogens (tertiary/aromatic N) is 2. The predicted octanol–water partition coefficient (Wildman–Crippen LogP) is 2.58. The minimum Gasteiger partial charge on any atom is -0.385 e. The lowest BCUT2D eigenvalue weighted by Crippen LogP contribution is -2.52. The van der Waals surface area contributed by atoms with Crippen molar-refractivity contribution in [1.82, 2.24) is 15.1 Å².